The number of carbonyl (C=O) groups is 10. The number of rotatable bonds is 69. The molecule has 15 N–H and O–H groups in total. The molecule has 0 radical (unpaired) electrons. The van der Waals surface area contributed by atoms with Crippen LogP contribution in [0.25, 0.3) is 0 Å². The molecule has 5 amide bonds. The van der Waals surface area contributed by atoms with Crippen LogP contribution in [0.15, 0.2) is 5.16 Å². The second kappa shape index (κ2) is 60.9. The van der Waals surface area contributed by atoms with Gasteiger partial charge in [0.15, 0.2) is 25.5 Å². The van der Waals surface area contributed by atoms with E-state index in [1.807, 2.05) is 20.8 Å². The average molecular weight is 1800 g/mol. The van der Waals surface area contributed by atoms with Crippen molar-refractivity contribution in [1.82, 2.24) is 26.6 Å². The quantitative estimate of drug-likeness (QED) is 0.0130. The molecule has 8 unspecified atom stereocenters. The number of Topliss-reactive ketones (excluding diaryl/α,β-unsaturated/α-hetero) is 4. The number of nitrogens with zero attached hydrogens (tertiary/aromatic N) is 1. The first kappa shape index (κ1) is 111. The Morgan fingerprint density at radius 3 is 1.39 bits per heavy atom. The number of aliphatic hydroxyl groups excluding tert-OH is 9. The van der Waals surface area contributed by atoms with Crippen molar-refractivity contribution in [3.8, 4) is 0 Å². The number of hydrogen-bond acceptors (Lipinski definition) is 35. The largest absolute Gasteiger partial charge is 0.410 e. The van der Waals surface area contributed by atoms with Crippen LogP contribution in [0.5, 0.6) is 0 Å². The Bertz CT molecular complexity index is 3050. The second-order valence-corrected chi connectivity index (χ2v) is 34.4. The number of amides is 5. The molecule has 40 nitrogen and oxygen atoms in total. The standard InChI is InChI=1S/C85H148N6O34/c1-56-74(106)76(108)66(46-92)122-79(56)116-38-19-15-28-60(97)24-11-9-13-26-62(99)31-41-113-52-84(53-114-42-32-63(100)27-14-10-12-25-61(98)29-16-20-39-117-80-57(2)75(107)77(109)67(47-93)123-80,54-115-43-33-70(103)87-36-23-35-86-69(102)30-17-21-40-118-81-58(3)78(110)83(8,111)68(48-94)124-81)91-72(105)49-112-37-22-18-34-88-71(104)50-121-89-45-65-73(90-59(4)96)64(101)44-85(125-65,120-55-95)119-51-82(5,6)7/h45,55-58,64-68,73-81,92-94,101,106-111H,9-44,46-54H2,1-8H3,(H,86,102)(H,87,103)(H,88,104)(H,90,96)(H,91,105)/t56-,57-,58-,64?,65?,66?,67?,68?,73+,74?,75?,76-,77-,78?,79+,80+,81+,83-,84?,85+/m1/s1. The number of carbonyl (C=O) groups excluding carboxylic acids is 10. The molecule has 40 heteroatoms. The molecule has 0 aromatic carbocycles. The summed E-state index contributed by atoms with van der Waals surface area (Å²) in [5.41, 5.74) is -3.57. The molecule has 0 aromatic rings. The fourth-order valence-corrected chi connectivity index (χ4v) is 14.2. The third-order valence-corrected chi connectivity index (χ3v) is 21.9. The molecule has 0 aliphatic carbocycles. The fourth-order valence-electron chi connectivity index (χ4n) is 14.2. The summed E-state index contributed by atoms with van der Waals surface area (Å²) in [6.45, 7) is 11.1. The maximum Gasteiger partial charge on any atom is 0.332 e. The van der Waals surface area contributed by atoms with E-state index in [1.54, 1.807) is 20.8 Å². The summed E-state index contributed by atoms with van der Waals surface area (Å²) in [7, 11) is 0. The molecule has 4 heterocycles. The van der Waals surface area contributed by atoms with Crippen molar-refractivity contribution < 1.29 is 165 Å². The van der Waals surface area contributed by atoms with E-state index in [4.69, 9.17) is 66.4 Å². The van der Waals surface area contributed by atoms with Crippen LogP contribution in [0.4, 0.5) is 0 Å². The highest BCUT2D eigenvalue weighted by Crippen LogP contribution is 2.36. The minimum atomic E-state index is -2.03. The third-order valence-electron chi connectivity index (χ3n) is 21.9. The predicted molar refractivity (Wildman–Crippen MR) is 445 cm³/mol. The summed E-state index contributed by atoms with van der Waals surface area (Å²) in [5.74, 6) is -6.09. The van der Waals surface area contributed by atoms with E-state index in [0.717, 1.165) is 6.21 Å². The molecular formula is C85H148N6O34. The number of unbranched alkanes of at least 4 members (excludes halogenated alkanes) is 8. The van der Waals surface area contributed by atoms with Gasteiger partial charge >= 0.3 is 5.97 Å². The SMILES string of the molecule is CC(=O)N[C@H]1C(O)C[C@@](OC=O)(OCC(C)(C)C)OC1C=NOCC(=O)NCCCCOCC(=O)NC(COCCC(=O)CCCCCC(=O)CCCCO[C@H]1OC(CO)[C@@H](O)C(O)[C@H]1C)(COCCC(=O)CCCCCC(=O)CCCCO[C@H]1OC(CO)[C@@H](O)C(O)[C@H]1C)COCCC(=O)NCCCNC(=O)CCCCO[C@H]1OC(CO)[C@@](C)(O)C(O)[C@H]1C. The number of nitrogens with one attached hydrogen (secondary N) is 5. The predicted octanol–water partition coefficient (Wildman–Crippen LogP) is 0.497. The summed E-state index contributed by atoms with van der Waals surface area (Å²) in [6.07, 6.45) is -3.82. The van der Waals surface area contributed by atoms with E-state index in [-0.39, 0.29) is 179 Å². The first-order chi connectivity index (χ1) is 59.5. The van der Waals surface area contributed by atoms with Crippen LogP contribution in [-0.2, 0) is 114 Å². The number of hydrogen-bond donors (Lipinski definition) is 15. The second-order valence-electron chi connectivity index (χ2n) is 34.4. The molecule has 4 aliphatic rings. The molecular weight excluding hydrogens is 1650 g/mol. The number of aliphatic hydroxyl groups is 10. The van der Waals surface area contributed by atoms with Crippen molar-refractivity contribution in [3.05, 3.63) is 0 Å². The molecule has 4 aliphatic heterocycles. The van der Waals surface area contributed by atoms with Crippen molar-refractivity contribution >= 4 is 65.4 Å². The average Bonchev–Trinajstić information content (AvgIpc) is 0.779. The van der Waals surface area contributed by atoms with E-state index in [2.05, 4.69) is 31.7 Å². The van der Waals surface area contributed by atoms with Gasteiger partial charge in [-0.05, 0) is 95.8 Å². The van der Waals surface area contributed by atoms with Gasteiger partial charge in [0.1, 0.15) is 77.5 Å². The Kier molecular flexibility index (Phi) is 54.3. The lowest BCUT2D eigenvalue weighted by Gasteiger charge is -2.46. The van der Waals surface area contributed by atoms with E-state index in [9.17, 15) is 99.0 Å². The van der Waals surface area contributed by atoms with Crippen molar-refractivity contribution in [2.45, 2.75) is 325 Å². The van der Waals surface area contributed by atoms with E-state index < -0.39 is 177 Å². The highest BCUT2D eigenvalue weighted by molar-refractivity contribution is 5.81. The van der Waals surface area contributed by atoms with Gasteiger partial charge in [0.2, 0.25) is 23.6 Å². The van der Waals surface area contributed by atoms with Gasteiger partial charge in [-0.3, -0.25) is 47.9 Å². The number of ketones is 4. The summed E-state index contributed by atoms with van der Waals surface area (Å²) in [4.78, 5) is 133. The van der Waals surface area contributed by atoms with Gasteiger partial charge in [-0.2, -0.15) is 0 Å². The Morgan fingerprint density at radius 1 is 0.480 bits per heavy atom. The lowest BCUT2D eigenvalue weighted by molar-refractivity contribution is -0.395. The topological polar surface area (TPSA) is 575 Å². The van der Waals surface area contributed by atoms with Crippen LogP contribution < -0.4 is 26.6 Å². The van der Waals surface area contributed by atoms with Gasteiger partial charge in [-0.25, -0.2) is 0 Å². The maximum atomic E-state index is 14.0. The van der Waals surface area contributed by atoms with E-state index in [1.165, 1.54) is 13.8 Å². The molecule has 0 spiro atoms. The van der Waals surface area contributed by atoms with Crippen molar-refractivity contribution in [3.63, 3.8) is 0 Å². The Balaban J connectivity index is 1.33. The summed E-state index contributed by atoms with van der Waals surface area (Å²) in [6, 6.07) is -1.07. The normalized spacial score (nSPS) is 27.5. The maximum absolute atomic E-state index is 14.0. The zero-order valence-electron chi connectivity index (χ0n) is 74.5. The van der Waals surface area contributed by atoms with E-state index in [0.29, 0.717) is 122 Å². The summed E-state index contributed by atoms with van der Waals surface area (Å²) in [5, 5.41) is 119. The molecule has 722 valence electrons. The highest BCUT2D eigenvalue weighted by Gasteiger charge is 2.53. The highest BCUT2D eigenvalue weighted by atomic mass is 16.9. The Hall–Kier alpha value is -5.91. The first-order valence-corrected chi connectivity index (χ1v) is 44.3. The molecule has 4 fully saturated rings. The lowest BCUT2D eigenvalue weighted by Crippen LogP contribution is -2.63. The molecule has 4 rings (SSSR count). The van der Waals surface area contributed by atoms with Gasteiger partial charge < -0.3 is 144 Å². The zero-order valence-corrected chi connectivity index (χ0v) is 74.5. The van der Waals surface area contributed by atoms with Crippen LogP contribution in [-0.4, -0.2) is 345 Å². The van der Waals surface area contributed by atoms with Crippen LogP contribution in [0, 0.1) is 23.2 Å². The molecule has 19 atom stereocenters. The minimum Gasteiger partial charge on any atom is -0.410 e. The lowest BCUT2D eigenvalue weighted by atomic mass is 9.82. The molecule has 4 saturated heterocycles. The monoisotopic (exact) mass is 1800 g/mol. The van der Waals surface area contributed by atoms with Crippen molar-refractivity contribution in [1.29, 1.82) is 0 Å². The molecule has 0 aromatic heterocycles. The van der Waals surface area contributed by atoms with Crippen LogP contribution in [0.3, 0.4) is 0 Å². The molecule has 125 heavy (non-hydrogen) atoms. The Labute approximate surface area is 733 Å². The first-order valence-electron chi connectivity index (χ1n) is 44.3. The Morgan fingerprint density at radius 2 is 0.920 bits per heavy atom. The molecule has 0 saturated carbocycles. The van der Waals surface area contributed by atoms with Gasteiger partial charge in [0.05, 0.1) is 109 Å². The minimum absolute atomic E-state index is 0.00830. The van der Waals surface area contributed by atoms with Crippen LogP contribution in [0.2, 0.25) is 0 Å². The van der Waals surface area contributed by atoms with Crippen molar-refractivity contribution in [2.24, 2.45) is 28.3 Å². The van der Waals surface area contributed by atoms with Gasteiger partial charge in [-0.1, -0.05) is 59.5 Å². The smallest absolute Gasteiger partial charge is 0.332 e. The van der Waals surface area contributed by atoms with Gasteiger partial charge in [-0.15, -0.1) is 0 Å². The van der Waals surface area contributed by atoms with Crippen LogP contribution in [0.1, 0.15) is 222 Å². The molecule has 0 bridgehead atoms. The third kappa shape index (κ3) is 43.6. The van der Waals surface area contributed by atoms with Gasteiger partial charge in [0.25, 0.3) is 12.4 Å². The number of oxime groups is 1. The van der Waals surface area contributed by atoms with Crippen molar-refractivity contribution in [2.75, 3.05) is 125 Å². The summed E-state index contributed by atoms with van der Waals surface area (Å²) >= 11 is 0. The van der Waals surface area contributed by atoms with E-state index >= 15 is 0 Å². The number of ether oxygens (including phenoxy) is 13. The fraction of sp³-hybridized carbons (Fsp3) is 0.871. The van der Waals surface area contributed by atoms with Crippen LogP contribution >= 0.6 is 0 Å². The summed E-state index contributed by atoms with van der Waals surface area (Å²) < 4.78 is 75.3. The zero-order chi connectivity index (χ0) is 92.4. The van der Waals surface area contributed by atoms with Gasteiger partial charge in [0, 0.05) is 135 Å².